The summed E-state index contributed by atoms with van der Waals surface area (Å²) in [5.41, 5.74) is -0.254. The van der Waals surface area contributed by atoms with Crippen molar-refractivity contribution < 1.29 is 18.3 Å². The second-order valence-electron chi connectivity index (χ2n) is 8.64. The summed E-state index contributed by atoms with van der Waals surface area (Å²) in [7, 11) is 0. The fraction of sp³-hybridized carbons (Fsp3) is 0.400. The lowest BCUT2D eigenvalue weighted by Gasteiger charge is -2.12. The molecule has 0 fully saturated rings. The highest BCUT2D eigenvalue weighted by Gasteiger charge is 2.27. The van der Waals surface area contributed by atoms with Crippen molar-refractivity contribution in [2.24, 2.45) is 0 Å². The lowest BCUT2D eigenvalue weighted by molar-refractivity contribution is 0.0174. The topological polar surface area (TPSA) is 106 Å². The minimum Gasteiger partial charge on any atom is -0.449 e. The summed E-state index contributed by atoms with van der Waals surface area (Å²) in [6, 6.07) is 6.03. The average Bonchev–Trinajstić information content (AvgIpc) is 3.47. The third-order valence-corrected chi connectivity index (χ3v) is 5.91. The minimum absolute atomic E-state index is 0.0611. The van der Waals surface area contributed by atoms with E-state index in [4.69, 9.17) is 4.74 Å². The molecule has 0 atom stereocenters. The molecule has 0 saturated carbocycles. The predicted molar refractivity (Wildman–Crippen MR) is 133 cm³/mol. The number of aromatic nitrogens is 6. The molecule has 0 aliphatic carbocycles. The first-order chi connectivity index (χ1) is 17.6. The Bertz CT molecular complexity index is 1570. The molecule has 12 heteroatoms. The highest BCUT2D eigenvalue weighted by molar-refractivity contribution is 5.90. The summed E-state index contributed by atoms with van der Waals surface area (Å²) in [6.45, 7) is 6.73. The standard InChI is InChI=1S/C25H28F2N6O4/c1-5-11-32-22(34)19-21(31(6-2)23(32)35)29-20(33(19)24(36)37-7-3)17-13-28-30(15-17)14-16-9-8-10-18(12-16)25(4,26)27/h8-10,12-13,15H,5-7,11,14H2,1-4H3. The van der Waals surface area contributed by atoms with E-state index in [1.807, 2.05) is 6.92 Å². The van der Waals surface area contributed by atoms with Crippen LogP contribution in [0.3, 0.4) is 0 Å². The Hall–Kier alpha value is -4.09. The molecule has 4 rings (SSSR count). The lowest BCUT2D eigenvalue weighted by Crippen LogP contribution is -2.40. The molecule has 0 spiro atoms. The van der Waals surface area contributed by atoms with E-state index in [0.717, 1.165) is 16.1 Å². The maximum Gasteiger partial charge on any atom is 0.420 e. The number of carbonyl (C=O) groups is 1. The van der Waals surface area contributed by atoms with Crippen LogP contribution in [0, 0.1) is 0 Å². The number of ether oxygens (including phenoxy) is 1. The lowest BCUT2D eigenvalue weighted by atomic mass is 10.1. The number of benzene rings is 1. The van der Waals surface area contributed by atoms with Crippen molar-refractivity contribution in [3.05, 3.63) is 68.6 Å². The molecule has 0 amide bonds. The van der Waals surface area contributed by atoms with Gasteiger partial charge in [0.2, 0.25) is 0 Å². The summed E-state index contributed by atoms with van der Waals surface area (Å²) in [5, 5.41) is 4.30. The van der Waals surface area contributed by atoms with Gasteiger partial charge < -0.3 is 4.74 Å². The Morgan fingerprint density at radius 1 is 1.14 bits per heavy atom. The number of nitrogens with zero attached hydrogens (tertiary/aromatic N) is 6. The third kappa shape index (κ3) is 4.83. The molecule has 0 saturated heterocycles. The number of carbonyl (C=O) groups excluding carboxylic acids is 1. The molecular formula is C25H28F2N6O4. The van der Waals surface area contributed by atoms with Gasteiger partial charge in [0.15, 0.2) is 17.0 Å². The van der Waals surface area contributed by atoms with Gasteiger partial charge in [-0.2, -0.15) is 5.10 Å². The zero-order valence-electron chi connectivity index (χ0n) is 21.1. The first-order valence-electron chi connectivity index (χ1n) is 12.0. The van der Waals surface area contributed by atoms with Crippen molar-refractivity contribution >= 4 is 17.3 Å². The van der Waals surface area contributed by atoms with Gasteiger partial charge in [0.25, 0.3) is 11.5 Å². The van der Waals surface area contributed by atoms with Crippen molar-refractivity contribution in [1.82, 2.24) is 28.5 Å². The summed E-state index contributed by atoms with van der Waals surface area (Å²) in [4.78, 5) is 43.8. The fourth-order valence-electron chi connectivity index (χ4n) is 4.20. The first kappa shape index (κ1) is 26.0. The zero-order chi connectivity index (χ0) is 26.9. The molecule has 0 bridgehead atoms. The Morgan fingerprint density at radius 2 is 1.89 bits per heavy atom. The van der Waals surface area contributed by atoms with Crippen molar-refractivity contribution in [1.29, 1.82) is 0 Å². The van der Waals surface area contributed by atoms with E-state index in [-0.39, 0.29) is 48.8 Å². The van der Waals surface area contributed by atoms with Gasteiger partial charge in [-0.15, -0.1) is 0 Å². The maximum absolute atomic E-state index is 13.8. The number of fused-ring (bicyclic) bond motifs is 1. The van der Waals surface area contributed by atoms with E-state index < -0.39 is 23.3 Å². The Kier molecular flexibility index (Phi) is 7.10. The highest BCUT2D eigenvalue weighted by Crippen LogP contribution is 2.28. The van der Waals surface area contributed by atoms with Crippen LogP contribution in [0.1, 0.15) is 45.2 Å². The minimum atomic E-state index is -2.98. The van der Waals surface area contributed by atoms with E-state index in [1.54, 1.807) is 32.2 Å². The van der Waals surface area contributed by atoms with Crippen molar-refractivity contribution in [3.63, 3.8) is 0 Å². The zero-order valence-corrected chi connectivity index (χ0v) is 21.1. The predicted octanol–water partition coefficient (Wildman–Crippen LogP) is 3.82. The normalized spacial score (nSPS) is 11.8. The number of hydrogen-bond donors (Lipinski definition) is 0. The molecule has 3 aromatic heterocycles. The largest absolute Gasteiger partial charge is 0.449 e. The molecule has 10 nitrogen and oxygen atoms in total. The van der Waals surface area contributed by atoms with Crippen molar-refractivity contribution in [3.8, 4) is 11.4 Å². The molecule has 1 aromatic carbocycles. The Labute approximate surface area is 210 Å². The summed E-state index contributed by atoms with van der Waals surface area (Å²) >= 11 is 0. The van der Waals surface area contributed by atoms with Gasteiger partial charge >= 0.3 is 11.8 Å². The van der Waals surface area contributed by atoms with Crippen LogP contribution in [0.5, 0.6) is 0 Å². The SMILES string of the molecule is CCCn1c(=O)c2c(nc(-c3cnn(Cc4cccc(C(C)(F)F)c4)c3)n2C(=O)OCC)n(CC)c1=O. The molecule has 3 heterocycles. The van der Waals surface area contributed by atoms with Crippen molar-refractivity contribution in [2.75, 3.05) is 6.61 Å². The van der Waals surface area contributed by atoms with Crippen LogP contribution in [0.15, 0.2) is 46.2 Å². The van der Waals surface area contributed by atoms with Crippen LogP contribution in [0.2, 0.25) is 0 Å². The van der Waals surface area contributed by atoms with Gasteiger partial charge in [0.1, 0.15) is 0 Å². The van der Waals surface area contributed by atoms with E-state index in [2.05, 4.69) is 10.1 Å². The van der Waals surface area contributed by atoms with Gasteiger partial charge in [0, 0.05) is 31.8 Å². The number of hydrogen-bond acceptors (Lipinski definition) is 6. The molecule has 4 aromatic rings. The monoisotopic (exact) mass is 514 g/mol. The summed E-state index contributed by atoms with van der Waals surface area (Å²) in [5.74, 6) is -2.89. The number of imidazole rings is 1. The summed E-state index contributed by atoms with van der Waals surface area (Å²) in [6.07, 6.45) is 2.77. The van der Waals surface area contributed by atoms with E-state index in [9.17, 15) is 23.2 Å². The molecule has 0 aliphatic rings. The second-order valence-corrected chi connectivity index (χ2v) is 8.64. The number of halogens is 2. The van der Waals surface area contributed by atoms with Crippen LogP contribution in [0.25, 0.3) is 22.6 Å². The van der Waals surface area contributed by atoms with Crippen LogP contribution in [-0.4, -0.2) is 41.2 Å². The number of alkyl halides is 2. The van der Waals surface area contributed by atoms with Crippen molar-refractivity contribution in [2.45, 2.75) is 59.7 Å². The molecule has 0 aliphatic heterocycles. The number of aryl methyl sites for hydroxylation is 1. The van der Waals surface area contributed by atoms with Gasteiger partial charge in [-0.3, -0.25) is 18.6 Å². The molecule has 37 heavy (non-hydrogen) atoms. The summed E-state index contributed by atoms with van der Waals surface area (Å²) < 4.78 is 37.7. The molecule has 0 N–H and O–H groups in total. The highest BCUT2D eigenvalue weighted by atomic mass is 19.3. The van der Waals surface area contributed by atoms with Crippen LogP contribution >= 0.6 is 0 Å². The van der Waals surface area contributed by atoms with Gasteiger partial charge in [-0.25, -0.2) is 27.9 Å². The van der Waals surface area contributed by atoms with E-state index in [0.29, 0.717) is 17.5 Å². The van der Waals surface area contributed by atoms with Gasteiger partial charge in [0.05, 0.1) is 24.9 Å². The Morgan fingerprint density at radius 3 is 2.54 bits per heavy atom. The number of rotatable bonds is 8. The average molecular weight is 515 g/mol. The molecule has 0 unspecified atom stereocenters. The second kappa shape index (κ2) is 10.1. The smallest absolute Gasteiger partial charge is 0.420 e. The van der Waals surface area contributed by atoms with Crippen LogP contribution in [-0.2, 0) is 30.3 Å². The fourth-order valence-corrected chi connectivity index (χ4v) is 4.20. The van der Waals surface area contributed by atoms with Gasteiger partial charge in [-0.05, 0) is 31.9 Å². The molecule has 196 valence electrons. The van der Waals surface area contributed by atoms with E-state index in [1.165, 1.54) is 27.6 Å². The van der Waals surface area contributed by atoms with Gasteiger partial charge in [-0.1, -0.05) is 25.1 Å². The van der Waals surface area contributed by atoms with Crippen LogP contribution < -0.4 is 11.2 Å². The third-order valence-electron chi connectivity index (χ3n) is 5.91. The quantitative estimate of drug-likeness (QED) is 0.354. The maximum atomic E-state index is 13.8. The first-order valence-corrected chi connectivity index (χ1v) is 12.0. The Balaban J connectivity index is 1.87. The molecule has 0 radical (unpaired) electrons. The van der Waals surface area contributed by atoms with Crippen LogP contribution in [0.4, 0.5) is 13.6 Å². The van der Waals surface area contributed by atoms with E-state index >= 15 is 0 Å². The molecular weight excluding hydrogens is 486 g/mol.